The fraction of sp³-hybridized carbons (Fsp3) is 0.926. The van der Waals surface area contributed by atoms with Crippen LogP contribution in [0, 0.1) is 87.3 Å². The number of aliphatic hydroxyl groups excluding tert-OH is 2. The largest absolute Gasteiger partial charge is 0.469 e. The third-order valence-corrected chi connectivity index (χ3v) is 20.8. The molecule has 0 aromatic heterocycles. The van der Waals surface area contributed by atoms with Gasteiger partial charge in [0, 0.05) is 37.8 Å². The van der Waals surface area contributed by atoms with Crippen LogP contribution in [-0.4, -0.2) is 72.5 Å². The standard InChI is InChI=1S/C54H90N2O8/c1-9-40-50-39(22-24-52(40,4)31-32(2)13-19-48(61)63-7)38-16-15-36(27-34(38)28-44(50)57)55-46(59)11-10-12-47(60)56-37-21-25-53(5)35(29-37)30-45(58)51-42-18-17-41(33(3)14-20-49(62)64-8)54(42,6)26-23-43(51)53/h32-45,50-51,57-58H,9-31H2,1-8H3,(H,55,59)(H,56,60)/t32-,33-,34?,35?,36-,37+,38?,39-,40+,41-,42?,43?,44-,45+,50?,51+,52-,53+,54-/m1/s1. The fourth-order valence-electron chi connectivity index (χ4n) is 17.8. The lowest BCUT2D eigenvalue weighted by molar-refractivity contribution is -0.167. The molecule has 0 aromatic rings. The van der Waals surface area contributed by atoms with E-state index in [9.17, 15) is 29.4 Å². The van der Waals surface area contributed by atoms with Crippen molar-refractivity contribution in [2.45, 2.75) is 214 Å². The molecular formula is C54H90N2O8. The molecule has 2 amide bonds. The van der Waals surface area contributed by atoms with Gasteiger partial charge in [-0.25, -0.2) is 0 Å². The van der Waals surface area contributed by atoms with Gasteiger partial charge >= 0.3 is 11.9 Å². The van der Waals surface area contributed by atoms with Crippen molar-refractivity contribution in [1.29, 1.82) is 0 Å². The molecule has 0 saturated heterocycles. The Morgan fingerprint density at radius 3 is 1.95 bits per heavy atom. The van der Waals surface area contributed by atoms with Gasteiger partial charge in [-0.05, 0) is 203 Å². The zero-order valence-electron chi connectivity index (χ0n) is 41.3. The van der Waals surface area contributed by atoms with Gasteiger partial charge in [0.05, 0.1) is 26.4 Å². The highest BCUT2D eigenvalue weighted by atomic mass is 16.5. The Bertz CT molecular complexity index is 1640. The van der Waals surface area contributed by atoms with Crippen molar-refractivity contribution in [2.24, 2.45) is 87.3 Å². The summed E-state index contributed by atoms with van der Waals surface area (Å²) < 4.78 is 9.85. The summed E-state index contributed by atoms with van der Waals surface area (Å²) in [5.41, 5.74) is 0.549. The number of carbonyl (C=O) groups excluding carboxylic acids is 4. The molecule has 7 fully saturated rings. The van der Waals surface area contributed by atoms with Crippen molar-refractivity contribution in [3.63, 3.8) is 0 Å². The minimum absolute atomic E-state index is 0.0401. The van der Waals surface area contributed by atoms with Crippen molar-refractivity contribution in [1.82, 2.24) is 10.6 Å². The number of carbonyl (C=O) groups is 4. The van der Waals surface area contributed by atoms with Crippen molar-refractivity contribution in [3.05, 3.63) is 0 Å². The van der Waals surface area contributed by atoms with Crippen molar-refractivity contribution < 1.29 is 38.9 Å². The molecule has 7 rings (SSSR count). The molecule has 0 spiro atoms. The van der Waals surface area contributed by atoms with E-state index in [-0.39, 0.29) is 64.3 Å². The lowest BCUT2D eigenvalue weighted by Gasteiger charge is -2.62. The van der Waals surface area contributed by atoms with Crippen LogP contribution in [0.2, 0.25) is 0 Å². The molecule has 7 aliphatic rings. The molecular weight excluding hydrogens is 805 g/mol. The summed E-state index contributed by atoms with van der Waals surface area (Å²) in [7, 11) is 2.94. The van der Waals surface area contributed by atoms with Crippen LogP contribution >= 0.6 is 0 Å². The molecule has 64 heavy (non-hydrogen) atoms. The van der Waals surface area contributed by atoms with Crippen molar-refractivity contribution >= 4 is 23.8 Å². The molecule has 0 aromatic carbocycles. The number of methoxy groups -OCH3 is 2. The SMILES string of the molecule is CC[C@H]1C2[C@H](CC[C@]1(C)C[C@H](C)CCC(=O)OC)C1CC[C@@H](NC(=O)CCCC(=O)N[C@H]3CC[C@@]4(C)C(C3)C[C@H](O)[C@@H]3C4CC[C@@]4(C)C3CC[C@@H]4[C@H](C)CCC(=O)OC)CC1C[C@H]2O. The van der Waals surface area contributed by atoms with Gasteiger partial charge in [0.2, 0.25) is 11.8 Å². The number of hydrogen-bond acceptors (Lipinski definition) is 8. The molecule has 10 nitrogen and oxygen atoms in total. The first kappa shape index (κ1) is 49.7. The third kappa shape index (κ3) is 10.1. The van der Waals surface area contributed by atoms with E-state index in [1.807, 2.05) is 0 Å². The summed E-state index contributed by atoms with van der Waals surface area (Å²) >= 11 is 0. The normalized spacial score (nSPS) is 43.5. The zero-order valence-corrected chi connectivity index (χ0v) is 41.3. The Balaban J connectivity index is 0.831. The summed E-state index contributed by atoms with van der Waals surface area (Å²) in [4.78, 5) is 50.3. The molecule has 7 aliphatic carbocycles. The van der Waals surface area contributed by atoms with E-state index in [1.165, 1.54) is 39.9 Å². The maximum atomic E-state index is 13.3. The topological polar surface area (TPSA) is 151 Å². The van der Waals surface area contributed by atoms with Crippen LogP contribution in [0.25, 0.3) is 0 Å². The number of nitrogens with one attached hydrogen (secondary N) is 2. The summed E-state index contributed by atoms with van der Waals surface area (Å²) in [6.07, 6.45) is 20.2. The van der Waals surface area contributed by atoms with E-state index in [2.05, 4.69) is 52.2 Å². The Morgan fingerprint density at radius 1 is 0.656 bits per heavy atom. The summed E-state index contributed by atoms with van der Waals surface area (Å²) in [5, 5.41) is 30.4. The van der Waals surface area contributed by atoms with Crippen LogP contribution in [0.4, 0.5) is 0 Å². The second-order valence-electron chi connectivity index (χ2n) is 24.2. The van der Waals surface area contributed by atoms with Crippen LogP contribution in [0.15, 0.2) is 0 Å². The minimum atomic E-state index is -0.308. The van der Waals surface area contributed by atoms with E-state index in [0.29, 0.717) is 103 Å². The second-order valence-corrected chi connectivity index (χ2v) is 24.2. The monoisotopic (exact) mass is 895 g/mol. The second kappa shape index (κ2) is 20.6. The van der Waals surface area contributed by atoms with Gasteiger partial charge in [-0.2, -0.15) is 0 Å². The van der Waals surface area contributed by atoms with E-state index < -0.39 is 0 Å². The summed E-state index contributed by atoms with van der Waals surface area (Å²) in [5.74, 6) is 5.45. The van der Waals surface area contributed by atoms with Gasteiger partial charge in [0.15, 0.2) is 0 Å². The van der Waals surface area contributed by atoms with Crippen LogP contribution < -0.4 is 10.6 Å². The van der Waals surface area contributed by atoms with Crippen LogP contribution in [-0.2, 0) is 28.7 Å². The quantitative estimate of drug-likeness (QED) is 0.112. The summed E-state index contributed by atoms with van der Waals surface area (Å²) in [6, 6.07) is 0.255. The van der Waals surface area contributed by atoms with Crippen LogP contribution in [0.5, 0.6) is 0 Å². The van der Waals surface area contributed by atoms with Crippen molar-refractivity contribution in [2.75, 3.05) is 14.2 Å². The lowest BCUT2D eigenvalue weighted by Crippen LogP contribution is -2.59. The van der Waals surface area contributed by atoms with Gasteiger partial charge in [-0.1, -0.05) is 48.0 Å². The Hall–Kier alpha value is -2.20. The smallest absolute Gasteiger partial charge is 0.305 e. The highest BCUT2D eigenvalue weighted by Gasteiger charge is 2.63. The first-order chi connectivity index (χ1) is 30.4. The van der Waals surface area contributed by atoms with Crippen LogP contribution in [0.3, 0.4) is 0 Å². The molecule has 4 N–H and O–H groups in total. The Morgan fingerprint density at radius 2 is 1.28 bits per heavy atom. The lowest BCUT2D eigenvalue weighted by atomic mass is 9.43. The predicted molar refractivity (Wildman–Crippen MR) is 249 cm³/mol. The number of esters is 2. The minimum Gasteiger partial charge on any atom is -0.469 e. The molecule has 0 radical (unpaired) electrons. The van der Waals surface area contributed by atoms with E-state index in [1.54, 1.807) is 0 Å². The van der Waals surface area contributed by atoms with Gasteiger partial charge in [0.1, 0.15) is 0 Å². The molecule has 0 aliphatic heterocycles. The number of fused-ring (bicyclic) bond motifs is 8. The third-order valence-electron chi connectivity index (χ3n) is 20.8. The van der Waals surface area contributed by atoms with E-state index in [0.717, 1.165) is 89.9 Å². The first-order valence-corrected chi connectivity index (χ1v) is 26.5. The molecule has 7 saturated carbocycles. The van der Waals surface area contributed by atoms with Gasteiger partial charge in [-0.15, -0.1) is 0 Å². The average Bonchev–Trinajstić information content (AvgIpc) is 3.62. The maximum Gasteiger partial charge on any atom is 0.305 e. The number of ether oxygens (including phenoxy) is 2. The summed E-state index contributed by atoms with van der Waals surface area (Å²) in [6.45, 7) is 14.3. The highest BCUT2D eigenvalue weighted by Crippen LogP contribution is 2.68. The highest BCUT2D eigenvalue weighted by molar-refractivity contribution is 5.79. The molecule has 0 bridgehead atoms. The predicted octanol–water partition coefficient (Wildman–Crippen LogP) is 9.56. The maximum absolute atomic E-state index is 13.3. The molecule has 0 heterocycles. The van der Waals surface area contributed by atoms with Crippen LogP contribution in [0.1, 0.15) is 189 Å². The molecule has 364 valence electrons. The molecule has 10 heteroatoms. The number of amides is 2. The number of rotatable bonds is 16. The fourth-order valence-corrected chi connectivity index (χ4v) is 17.8. The van der Waals surface area contributed by atoms with Gasteiger partial charge in [0.25, 0.3) is 0 Å². The van der Waals surface area contributed by atoms with E-state index in [4.69, 9.17) is 9.47 Å². The Kier molecular flexibility index (Phi) is 16.0. The molecule has 19 atom stereocenters. The van der Waals surface area contributed by atoms with Gasteiger partial charge < -0.3 is 30.3 Å². The first-order valence-electron chi connectivity index (χ1n) is 26.5. The average molecular weight is 895 g/mol. The number of aliphatic hydroxyl groups is 2. The van der Waals surface area contributed by atoms with E-state index >= 15 is 0 Å². The Labute approximate surface area is 387 Å². The zero-order chi connectivity index (χ0) is 46.1. The molecule has 6 unspecified atom stereocenters. The number of hydrogen-bond donors (Lipinski definition) is 4. The van der Waals surface area contributed by atoms with Gasteiger partial charge in [-0.3, -0.25) is 19.2 Å². The van der Waals surface area contributed by atoms with Crippen molar-refractivity contribution in [3.8, 4) is 0 Å².